The van der Waals surface area contributed by atoms with Gasteiger partial charge >= 0.3 is 40.8 Å². The zero-order valence-corrected chi connectivity index (χ0v) is 38.0. The number of pyridine rings is 1. The van der Waals surface area contributed by atoms with Gasteiger partial charge in [-0.3, -0.25) is 9.98 Å². The van der Waals surface area contributed by atoms with Crippen LogP contribution in [0.4, 0.5) is 11.4 Å². The molecule has 0 spiro atoms. The van der Waals surface area contributed by atoms with Gasteiger partial charge in [0.1, 0.15) is 0 Å². The van der Waals surface area contributed by atoms with E-state index >= 15 is 0 Å². The number of rotatable bonds is 8. The van der Waals surface area contributed by atoms with Gasteiger partial charge in [-0.25, -0.2) is 4.98 Å². The largest absolute Gasteiger partial charge is 3.00 e. The molecule has 0 atom stereocenters. The Morgan fingerprint density at radius 2 is 0.736 bits per heavy atom. The van der Waals surface area contributed by atoms with E-state index in [-0.39, 0.29) is 78.1 Å². The average Bonchev–Trinajstić information content (AvgIpc) is 3.16. The van der Waals surface area contributed by atoms with E-state index in [1.165, 1.54) is 168 Å². The Morgan fingerprint density at radius 1 is 0.472 bits per heavy atom. The third kappa shape index (κ3) is 11.6. The Bertz CT molecular complexity index is 1460. The van der Waals surface area contributed by atoms with Gasteiger partial charge in [0, 0.05) is 0 Å². The van der Waals surface area contributed by atoms with Crippen LogP contribution >= 0.6 is 0 Å². The predicted molar refractivity (Wildman–Crippen MR) is 209 cm³/mol. The van der Waals surface area contributed by atoms with Crippen molar-refractivity contribution in [3.63, 3.8) is 0 Å². The number of halogens is 3. The Balaban J connectivity index is 0.00000189. The normalized spacial score (nSPS) is 19.7. The summed E-state index contributed by atoms with van der Waals surface area (Å²) in [6.45, 7) is 6.60. The Morgan fingerprint density at radius 3 is 1.00 bits per heavy atom. The molecule has 7 heteroatoms. The monoisotopic (exact) mass is 902 g/mol. The summed E-state index contributed by atoms with van der Waals surface area (Å²) in [7, 11) is 0. The molecule has 1 radical (unpaired) electrons. The fraction of sp³-hybridized carbons (Fsp3) is 0.587. The van der Waals surface area contributed by atoms with Gasteiger partial charge in [0.05, 0.1) is 34.2 Å². The summed E-state index contributed by atoms with van der Waals surface area (Å²) in [5.74, 6) is 2.51. The molecule has 1 heterocycles. The molecule has 285 valence electrons. The topological polar surface area (TPSA) is 37.6 Å². The fourth-order valence-corrected chi connectivity index (χ4v) is 9.88. The summed E-state index contributed by atoms with van der Waals surface area (Å²) in [6.07, 6.45) is 26.6. The summed E-state index contributed by atoms with van der Waals surface area (Å²) in [5.41, 5.74) is 13.8. The zero-order chi connectivity index (χ0) is 33.6. The molecule has 0 saturated heterocycles. The van der Waals surface area contributed by atoms with Crippen LogP contribution in [0, 0.1) is 47.8 Å². The SMILES string of the molecule is CC(=Nc1c(C2CCCCC2)cccc1C1CCCCC1)c1cc(C)cc(C(C)=Nc2c(C3CCCCC3)cccc2C2CCCCC2)n1.[Cl-].[Cl-].[Cl-].[Nd+3]. The van der Waals surface area contributed by atoms with Crippen molar-refractivity contribution in [2.24, 2.45) is 9.98 Å². The zero-order valence-electron chi connectivity index (χ0n) is 32.5. The van der Waals surface area contributed by atoms with Crippen LogP contribution in [0.25, 0.3) is 0 Å². The molecule has 0 N–H and O–H groups in total. The van der Waals surface area contributed by atoms with Crippen molar-refractivity contribution < 1.29 is 78.1 Å². The van der Waals surface area contributed by atoms with Gasteiger partial charge in [-0.1, -0.05) is 113 Å². The molecular formula is C46H61Cl3N3Nd. The molecule has 3 nitrogen and oxygen atoms in total. The third-order valence-electron chi connectivity index (χ3n) is 12.6. The maximum Gasteiger partial charge on any atom is 3.00 e. The smallest absolute Gasteiger partial charge is 1.00 e. The molecule has 0 bridgehead atoms. The number of aromatic nitrogens is 1. The maximum absolute atomic E-state index is 5.57. The van der Waals surface area contributed by atoms with Gasteiger partial charge in [0.15, 0.2) is 0 Å². The second-order valence-electron chi connectivity index (χ2n) is 16.2. The van der Waals surface area contributed by atoms with E-state index in [9.17, 15) is 0 Å². The van der Waals surface area contributed by atoms with E-state index in [0.717, 1.165) is 22.8 Å². The van der Waals surface area contributed by atoms with E-state index in [0.29, 0.717) is 23.7 Å². The van der Waals surface area contributed by atoms with E-state index in [4.69, 9.17) is 15.0 Å². The summed E-state index contributed by atoms with van der Waals surface area (Å²) in [5, 5.41) is 0. The van der Waals surface area contributed by atoms with Crippen LogP contribution in [-0.2, 0) is 0 Å². The van der Waals surface area contributed by atoms with Gasteiger partial charge in [-0.2, -0.15) is 0 Å². The van der Waals surface area contributed by atoms with Crippen molar-refractivity contribution in [1.82, 2.24) is 4.98 Å². The second-order valence-corrected chi connectivity index (χ2v) is 16.2. The number of para-hydroxylation sites is 2. The molecule has 4 aliphatic rings. The number of hydrogen-bond acceptors (Lipinski definition) is 3. The first-order valence-electron chi connectivity index (χ1n) is 20.4. The van der Waals surface area contributed by atoms with Crippen LogP contribution in [0.2, 0.25) is 0 Å². The van der Waals surface area contributed by atoms with Crippen molar-refractivity contribution in [3.05, 3.63) is 87.7 Å². The number of hydrogen-bond donors (Lipinski definition) is 0. The summed E-state index contributed by atoms with van der Waals surface area (Å²) >= 11 is 0. The summed E-state index contributed by atoms with van der Waals surface area (Å²) < 4.78 is 0. The van der Waals surface area contributed by atoms with E-state index < -0.39 is 0 Å². The van der Waals surface area contributed by atoms with Crippen molar-refractivity contribution >= 4 is 22.8 Å². The predicted octanol–water partition coefficient (Wildman–Crippen LogP) is 4.87. The molecule has 2 aromatic carbocycles. The molecule has 4 fully saturated rings. The Hall–Kier alpha value is -0.849. The van der Waals surface area contributed by atoms with Crippen molar-refractivity contribution in [2.75, 3.05) is 0 Å². The van der Waals surface area contributed by atoms with Gasteiger partial charge in [-0.05, 0) is 136 Å². The fourth-order valence-electron chi connectivity index (χ4n) is 9.88. The average molecular weight is 907 g/mol. The Labute approximate surface area is 373 Å². The third-order valence-corrected chi connectivity index (χ3v) is 12.6. The number of aryl methyl sites for hydroxylation is 1. The molecule has 0 amide bonds. The van der Waals surface area contributed by atoms with E-state index in [1.807, 2.05) is 0 Å². The van der Waals surface area contributed by atoms with Crippen LogP contribution in [0.1, 0.15) is 205 Å². The molecule has 0 unspecified atom stereocenters. The first-order chi connectivity index (χ1) is 24.0. The molecule has 3 aromatic rings. The van der Waals surface area contributed by atoms with Crippen LogP contribution in [0.3, 0.4) is 0 Å². The molecule has 0 aliphatic heterocycles. The number of aliphatic imine (C=N–C) groups is 2. The maximum atomic E-state index is 5.57. The molecule has 4 aliphatic carbocycles. The minimum absolute atomic E-state index is 0. The second kappa shape index (κ2) is 22.8. The van der Waals surface area contributed by atoms with Crippen LogP contribution in [-0.4, -0.2) is 16.4 Å². The van der Waals surface area contributed by atoms with Gasteiger partial charge in [0.25, 0.3) is 0 Å². The van der Waals surface area contributed by atoms with E-state index in [2.05, 4.69) is 69.3 Å². The van der Waals surface area contributed by atoms with Crippen molar-refractivity contribution in [1.29, 1.82) is 0 Å². The van der Waals surface area contributed by atoms with Crippen LogP contribution in [0.15, 0.2) is 58.5 Å². The van der Waals surface area contributed by atoms with Gasteiger partial charge in [-0.15, -0.1) is 0 Å². The first kappa shape index (κ1) is 46.5. The van der Waals surface area contributed by atoms with Gasteiger partial charge < -0.3 is 37.2 Å². The van der Waals surface area contributed by atoms with Crippen molar-refractivity contribution in [3.8, 4) is 0 Å². The van der Waals surface area contributed by atoms with E-state index in [1.54, 1.807) is 0 Å². The summed E-state index contributed by atoms with van der Waals surface area (Å²) in [4.78, 5) is 16.5. The molecular weight excluding hydrogens is 845 g/mol. The minimum Gasteiger partial charge on any atom is -1.00 e. The minimum atomic E-state index is 0. The molecule has 1 aromatic heterocycles. The quantitative estimate of drug-likeness (QED) is 0.298. The molecule has 7 rings (SSSR count). The van der Waals surface area contributed by atoms with Crippen LogP contribution < -0.4 is 37.2 Å². The standard InChI is InChI=1S/C46H61N3.3ClH.Nd/c1-32-30-43(33(2)47-45-39(35-18-8-4-9-19-35)26-16-27-40(45)36-20-10-5-11-21-36)49-44(31-32)34(3)48-46-41(37-22-12-6-13-23-37)28-17-29-42(46)38-24-14-7-15-25-38;;;;/h16-17,26-31,35-38H,4-15,18-25H2,1-3H3;3*1H;/q;;;;+3/p-3. The Kier molecular flexibility index (Phi) is 20.0. The first-order valence-corrected chi connectivity index (χ1v) is 20.4. The summed E-state index contributed by atoms with van der Waals surface area (Å²) in [6, 6.07) is 18.7. The van der Waals surface area contributed by atoms with Crippen molar-refractivity contribution in [2.45, 2.75) is 173 Å². The number of nitrogens with zero attached hydrogens (tertiary/aromatic N) is 3. The van der Waals surface area contributed by atoms with Gasteiger partial charge in [0.2, 0.25) is 0 Å². The number of benzene rings is 2. The molecule has 53 heavy (non-hydrogen) atoms. The molecule has 4 saturated carbocycles. The van der Waals surface area contributed by atoms with Crippen LogP contribution in [0.5, 0.6) is 0 Å².